The van der Waals surface area contributed by atoms with Crippen LogP contribution in [-0.4, -0.2) is 32.9 Å². The Kier molecular flexibility index (Phi) is 7.40. The van der Waals surface area contributed by atoms with E-state index in [0.29, 0.717) is 11.6 Å². The van der Waals surface area contributed by atoms with Crippen molar-refractivity contribution >= 4 is 21.7 Å². The Morgan fingerprint density at radius 3 is 1.97 bits per heavy atom. The van der Waals surface area contributed by atoms with Crippen LogP contribution in [0.4, 0.5) is 4.39 Å². The summed E-state index contributed by atoms with van der Waals surface area (Å²) in [4.78, 5) is 25.6. The van der Waals surface area contributed by atoms with Crippen molar-refractivity contribution in [2.45, 2.75) is 16.9 Å². The Morgan fingerprint density at radius 1 is 0.909 bits per heavy atom. The lowest BCUT2D eigenvalue weighted by Gasteiger charge is -2.29. The third-order valence-electron chi connectivity index (χ3n) is 4.92. The Balaban J connectivity index is 2.14. The van der Waals surface area contributed by atoms with Gasteiger partial charge in [-0.3, -0.25) is 4.79 Å². The number of hydrogen-bond donors (Lipinski definition) is 1. The molecule has 0 radical (unpaired) electrons. The van der Waals surface area contributed by atoms with Gasteiger partial charge in [-0.15, -0.1) is 0 Å². The van der Waals surface area contributed by atoms with Gasteiger partial charge in [0.15, 0.2) is 5.54 Å². The highest BCUT2D eigenvalue weighted by Crippen LogP contribution is 2.26. The number of nitrogens with one attached hydrogen (secondary N) is 1. The van der Waals surface area contributed by atoms with Crippen molar-refractivity contribution in [1.82, 2.24) is 5.32 Å². The van der Waals surface area contributed by atoms with Crippen LogP contribution < -0.4 is 5.32 Å². The van der Waals surface area contributed by atoms with Gasteiger partial charge in [0.05, 0.1) is 12.0 Å². The van der Waals surface area contributed by atoms with Crippen molar-refractivity contribution in [3.05, 3.63) is 113 Å². The number of methoxy groups -OCH3 is 1. The molecule has 0 spiro atoms. The summed E-state index contributed by atoms with van der Waals surface area (Å²) < 4.78 is 45.9. The van der Waals surface area contributed by atoms with Gasteiger partial charge in [-0.05, 0) is 29.8 Å². The first kappa shape index (κ1) is 23.9. The van der Waals surface area contributed by atoms with Crippen molar-refractivity contribution in [1.29, 1.82) is 0 Å². The first-order valence-electron chi connectivity index (χ1n) is 9.97. The molecular formula is C25H22FNO5S. The van der Waals surface area contributed by atoms with Gasteiger partial charge >= 0.3 is 5.97 Å². The van der Waals surface area contributed by atoms with Gasteiger partial charge in [0, 0.05) is 18.1 Å². The van der Waals surface area contributed by atoms with Crippen LogP contribution in [0.25, 0.3) is 0 Å². The second-order valence-corrected chi connectivity index (χ2v) is 9.08. The zero-order valence-corrected chi connectivity index (χ0v) is 18.6. The molecule has 1 N–H and O–H groups in total. The fourth-order valence-electron chi connectivity index (χ4n) is 3.26. The number of rotatable bonds is 8. The van der Waals surface area contributed by atoms with Crippen molar-refractivity contribution in [3.63, 3.8) is 0 Å². The molecule has 0 bridgehead atoms. The van der Waals surface area contributed by atoms with Crippen LogP contribution >= 0.6 is 0 Å². The average Bonchev–Trinajstić information content (AvgIpc) is 2.85. The topological polar surface area (TPSA) is 89.5 Å². The molecule has 0 aromatic heterocycles. The summed E-state index contributed by atoms with van der Waals surface area (Å²) in [6, 6.07) is 23.5. The molecular weight excluding hydrogens is 445 g/mol. The van der Waals surface area contributed by atoms with Gasteiger partial charge in [0.2, 0.25) is 15.0 Å². The first-order chi connectivity index (χ1) is 15.8. The van der Waals surface area contributed by atoms with Crippen LogP contribution in [0, 0.1) is 0 Å². The molecule has 0 unspecified atom stereocenters. The average molecular weight is 468 g/mol. The Bertz CT molecular complexity index is 1250. The highest BCUT2D eigenvalue weighted by Gasteiger charge is 2.42. The van der Waals surface area contributed by atoms with E-state index in [4.69, 9.17) is 4.74 Å². The molecule has 3 aromatic rings. The Morgan fingerprint density at radius 2 is 1.42 bits per heavy atom. The minimum absolute atomic E-state index is 0.207. The molecule has 0 saturated carbocycles. The number of ether oxygens (including phenoxy) is 1. The molecule has 1 atom stereocenters. The predicted octanol–water partition coefficient (Wildman–Crippen LogP) is 3.86. The van der Waals surface area contributed by atoms with Gasteiger partial charge < -0.3 is 10.1 Å². The lowest BCUT2D eigenvalue weighted by molar-refractivity contribution is -0.146. The normalized spacial score (nSPS) is 13.6. The fourth-order valence-corrected chi connectivity index (χ4v) is 4.36. The minimum Gasteiger partial charge on any atom is -0.467 e. The summed E-state index contributed by atoms with van der Waals surface area (Å²) in [5, 5.41) is 0.926. The monoisotopic (exact) mass is 467 g/mol. The first-order valence-corrected chi connectivity index (χ1v) is 11.5. The van der Waals surface area contributed by atoms with Gasteiger partial charge in [-0.2, -0.15) is 4.39 Å². The highest BCUT2D eigenvalue weighted by molar-refractivity contribution is 7.95. The van der Waals surface area contributed by atoms with E-state index >= 15 is 4.39 Å². The number of halogens is 1. The van der Waals surface area contributed by atoms with Crippen molar-refractivity contribution in [3.8, 4) is 0 Å². The summed E-state index contributed by atoms with van der Waals surface area (Å²) in [5.74, 6) is -1.72. The second kappa shape index (κ2) is 10.2. The van der Waals surface area contributed by atoms with Crippen LogP contribution in [0.15, 0.2) is 107 Å². The van der Waals surface area contributed by atoms with E-state index in [0.717, 1.165) is 7.11 Å². The standard InChI is InChI=1S/C25H22FNO5S/c1-32-24(29)25(17-19-11-5-2-6-12-19,27-23(28)20-13-7-3-8-14-20)18-22(26)33(30,31)21-15-9-4-10-16-21/h2-16,18H,17H2,1H3,(H,27,28)/b22-18+/t25-/m0/s1. The lowest BCUT2D eigenvalue weighted by Crippen LogP contribution is -2.55. The molecule has 0 aliphatic heterocycles. The van der Waals surface area contributed by atoms with E-state index in [-0.39, 0.29) is 16.9 Å². The van der Waals surface area contributed by atoms with Crippen LogP contribution in [0.5, 0.6) is 0 Å². The third kappa shape index (κ3) is 5.53. The van der Waals surface area contributed by atoms with Crippen molar-refractivity contribution in [2.75, 3.05) is 7.11 Å². The summed E-state index contributed by atoms with van der Waals surface area (Å²) in [7, 11) is -3.49. The Hall–Kier alpha value is -3.78. The molecule has 0 heterocycles. The molecule has 6 nitrogen and oxygen atoms in total. The lowest BCUT2D eigenvalue weighted by atomic mass is 9.90. The van der Waals surface area contributed by atoms with E-state index < -0.39 is 32.4 Å². The molecule has 3 rings (SSSR count). The van der Waals surface area contributed by atoms with E-state index in [1.807, 2.05) is 0 Å². The number of esters is 1. The molecule has 33 heavy (non-hydrogen) atoms. The molecule has 170 valence electrons. The maximum absolute atomic E-state index is 15.3. The summed E-state index contributed by atoms with van der Waals surface area (Å²) in [6.07, 6.45) is 0.367. The SMILES string of the molecule is COC(=O)[C@@](/C=C(\F)S(=O)(=O)c1ccccc1)(Cc1ccccc1)NC(=O)c1ccccc1. The minimum atomic E-state index is -4.57. The maximum Gasteiger partial charge on any atom is 0.336 e. The maximum atomic E-state index is 15.3. The molecule has 8 heteroatoms. The van der Waals surface area contributed by atoms with Gasteiger partial charge in [0.25, 0.3) is 5.91 Å². The summed E-state index contributed by atoms with van der Waals surface area (Å²) in [5.41, 5.74) is -1.37. The zero-order valence-electron chi connectivity index (χ0n) is 17.8. The molecule has 3 aromatic carbocycles. The quantitative estimate of drug-likeness (QED) is 0.508. The highest BCUT2D eigenvalue weighted by atomic mass is 32.2. The molecule has 0 fully saturated rings. The second-order valence-electron chi connectivity index (χ2n) is 7.21. The number of benzene rings is 3. The molecule has 1 amide bonds. The smallest absolute Gasteiger partial charge is 0.336 e. The zero-order chi connectivity index (χ0) is 23.9. The molecule has 0 aliphatic rings. The Labute approximate surface area is 191 Å². The van der Waals surface area contributed by atoms with Crippen LogP contribution in [0.2, 0.25) is 0 Å². The molecule has 0 saturated heterocycles. The number of amides is 1. The van der Waals surface area contributed by atoms with Crippen LogP contribution in [0.1, 0.15) is 15.9 Å². The van der Waals surface area contributed by atoms with Gasteiger partial charge in [0.1, 0.15) is 0 Å². The molecule has 0 aliphatic carbocycles. The van der Waals surface area contributed by atoms with Crippen LogP contribution in [0.3, 0.4) is 0 Å². The van der Waals surface area contributed by atoms with E-state index in [1.54, 1.807) is 54.6 Å². The van der Waals surface area contributed by atoms with Crippen LogP contribution in [-0.2, 0) is 25.8 Å². The number of carbonyl (C=O) groups excluding carboxylic acids is 2. The summed E-state index contributed by atoms with van der Waals surface area (Å²) in [6.45, 7) is 0. The van der Waals surface area contributed by atoms with Crippen molar-refractivity contribution < 1.29 is 27.1 Å². The third-order valence-corrected chi connectivity index (χ3v) is 6.44. The summed E-state index contributed by atoms with van der Waals surface area (Å²) >= 11 is 0. The fraction of sp³-hybridized carbons (Fsp3) is 0.120. The number of sulfone groups is 1. The van der Waals surface area contributed by atoms with E-state index in [9.17, 15) is 18.0 Å². The van der Waals surface area contributed by atoms with E-state index in [2.05, 4.69) is 5.32 Å². The predicted molar refractivity (Wildman–Crippen MR) is 122 cm³/mol. The number of hydrogen-bond acceptors (Lipinski definition) is 5. The van der Waals surface area contributed by atoms with Gasteiger partial charge in [-0.25, -0.2) is 13.2 Å². The largest absolute Gasteiger partial charge is 0.467 e. The number of carbonyl (C=O) groups is 2. The van der Waals surface area contributed by atoms with Gasteiger partial charge in [-0.1, -0.05) is 66.7 Å². The van der Waals surface area contributed by atoms with E-state index in [1.165, 1.54) is 36.4 Å². The van der Waals surface area contributed by atoms with Crippen molar-refractivity contribution in [2.24, 2.45) is 0 Å².